The molecule has 0 aliphatic carbocycles. The van der Waals surface area contributed by atoms with Crippen molar-refractivity contribution in [3.05, 3.63) is 33.5 Å². The van der Waals surface area contributed by atoms with Gasteiger partial charge in [-0.1, -0.05) is 0 Å². The maximum Gasteiger partial charge on any atom is 0.255 e. The summed E-state index contributed by atoms with van der Waals surface area (Å²) < 4.78 is 14.0. The van der Waals surface area contributed by atoms with Crippen LogP contribution in [0.1, 0.15) is 29.8 Å². The first-order valence-corrected chi connectivity index (χ1v) is 6.05. The second kappa shape index (κ2) is 5.43. The topological polar surface area (TPSA) is 20.3 Å². The van der Waals surface area contributed by atoms with Crippen molar-refractivity contribution in [3.8, 4) is 0 Å². The highest BCUT2D eigenvalue weighted by Gasteiger charge is 2.17. The van der Waals surface area contributed by atoms with Crippen LogP contribution in [0.4, 0.5) is 4.39 Å². The highest BCUT2D eigenvalue weighted by Crippen LogP contribution is 2.22. The van der Waals surface area contributed by atoms with E-state index in [2.05, 4.69) is 15.9 Å². The van der Waals surface area contributed by atoms with E-state index in [1.54, 1.807) is 17.9 Å². The smallest absolute Gasteiger partial charge is 0.255 e. The molecule has 0 aliphatic rings. The zero-order valence-corrected chi connectivity index (χ0v) is 11.3. The molecular formula is C12H15BrFNO. The van der Waals surface area contributed by atoms with Crippen LogP contribution in [0.5, 0.6) is 0 Å². The van der Waals surface area contributed by atoms with Gasteiger partial charge in [-0.3, -0.25) is 4.79 Å². The third-order valence-corrected chi connectivity index (χ3v) is 3.19. The van der Waals surface area contributed by atoms with Gasteiger partial charge in [0.1, 0.15) is 5.82 Å². The van der Waals surface area contributed by atoms with Crippen molar-refractivity contribution in [1.29, 1.82) is 0 Å². The molecule has 16 heavy (non-hydrogen) atoms. The van der Waals surface area contributed by atoms with E-state index in [0.29, 0.717) is 28.7 Å². The summed E-state index contributed by atoms with van der Waals surface area (Å²) >= 11 is 3.29. The Bertz CT molecular complexity index is 402. The second-order valence-electron chi connectivity index (χ2n) is 3.56. The SMILES string of the molecule is CCN(CC)C(=O)c1cc(F)c(C)cc1Br. The average molecular weight is 288 g/mol. The lowest BCUT2D eigenvalue weighted by Crippen LogP contribution is -2.30. The first-order valence-electron chi connectivity index (χ1n) is 5.26. The van der Waals surface area contributed by atoms with Gasteiger partial charge in [-0.05, 0) is 54.4 Å². The van der Waals surface area contributed by atoms with E-state index >= 15 is 0 Å². The lowest BCUT2D eigenvalue weighted by atomic mass is 10.1. The lowest BCUT2D eigenvalue weighted by molar-refractivity contribution is 0.0771. The van der Waals surface area contributed by atoms with Crippen molar-refractivity contribution in [2.24, 2.45) is 0 Å². The van der Waals surface area contributed by atoms with E-state index in [0.717, 1.165) is 0 Å². The van der Waals surface area contributed by atoms with E-state index in [1.807, 2.05) is 13.8 Å². The molecule has 0 radical (unpaired) electrons. The molecule has 4 heteroatoms. The molecule has 1 aromatic carbocycles. The predicted molar refractivity (Wildman–Crippen MR) is 66.1 cm³/mol. The quantitative estimate of drug-likeness (QED) is 0.835. The highest BCUT2D eigenvalue weighted by atomic mass is 79.9. The summed E-state index contributed by atoms with van der Waals surface area (Å²) in [7, 11) is 0. The van der Waals surface area contributed by atoms with Crippen LogP contribution in [0.2, 0.25) is 0 Å². The zero-order valence-electron chi connectivity index (χ0n) is 9.68. The van der Waals surface area contributed by atoms with Gasteiger partial charge in [-0.15, -0.1) is 0 Å². The molecule has 0 aliphatic heterocycles. The summed E-state index contributed by atoms with van der Waals surface area (Å²) in [6.07, 6.45) is 0. The maximum atomic E-state index is 13.4. The molecule has 88 valence electrons. The molecule has 1 aromatic rings. The first-order chi connectivity index (χ1) is 7.51. The molecule has 2 nitrogen and oxygen atoms in total. The van der Waals surface area contributed by atoms with E-state index in [4.69, 9.17) is 0 Å². The van der Waals surface area contributed by atoms with Crippen LogP contribution in [-0.4, -0.2) is 23.9 Å². The number of carbonyl (C=O) groups is 1. The van der Waals surface area contributed by atoms with E-state index < -0.39 is 0 Å². The Labute approximate surface area is 104 Å². The molecular weight excluding hydrogens is 273 g/mol. The number of nitrogens with zero attached hydrogens (tertiary/aromatic N) is 1. The Hall–Kier alpha value is -0.900. The minimum absolute atomic E-state index is 0.143. The van der Waals surface area contributed by atoms with Crippen molar-refractivity contribution in [1.82, 2.24) is 4.90 Å². The molecule has 0 heterocycles. The number of benzene rings is 1. The van der Waals surface area contributed by atoms with Crippen molar-refractivity contribution in [3.63, 3.8) is 0 Å². The second-order valence-corrected chi connectivity index (χ2v) is 4.41. The number of rotatable bonds is 3. The van der Waals surface area contributed by atoms with Gasteiger partial charge in [0.05, 0.1) is 5.56 Å². The van der Waals surface area contributed by atoms with Crippen molar-refractivity contribution in [2.45, 2.75) is 20.8 Å². The molecule has 1 rings (SSSR count). The summed E-state index contributed by atoms with van der Waals surface area (Å²) in [5.74, 6) is -0.491. The maximum absolute atomic E-state index is 13.4. The predicted octanol–water partition coefficient (Wildman–Crippen LogP) is 3.38. The van der Waals surface area contributed by atoms with Gasteiger partial charge < -0.3 is 4.90 Å². The minimum Gasteiger partial charge on any atom is -0.339 e. The van der Waals surface area contributed by atoms with Crippen LogP contribution in [0, 0.1) is 12.7 Å². The summed E-state index contributed by atoms with van der Waals surface area (Å²) in [5, 5.41) is 0. The molecule has 1 amide bonds. The molecule has 0 atom stereocenters. The van der Waals surface area contributed by atoms with Crippen molar-refractivity contribution >= 4 is 21.8 Å². The summed E-state index contributed by atoms with van der Waals surface area (Å²) in [4.78, 5) is 13.7. The third-order valence-electron chi connectivity index (χ3n) is 2.53. The normalized spacial score (nSPS) is 10.3. The molecule has 0 spiro atoms. The largest absolute Gasteiger partial charge is 0.339 e. The van der Waals surface area contributed by atoms with Gasteiger partial charge in [0.2, 0.25) is 0 Å². The van der Waals surface area contributed by atoms with Crippen molar-refractivity contribution < 1.29 is 9.18 Å². The Morgan fingerprint density at radius 2 is 1.94 bits per heavy atom. The molecule has 0 bridgehead atoms. The number of hydrogen-bond acceptors (Lipinski definition) is 1. The summed E-state index contributed by atoms with van der Waals surface area (Å²) in [5.41, 5.74) is 0.912. The van der Waals surface area contributed by atoms with Gasteiger partial charge in [-0.25, -0.2) is 4.39 Å². The Balaban J connectivity index is 3.13. The minimum atomic E-state index is -0.348. The van der Waals surface area contributed by atoms with Gasteiger partial charge in [-0.2, -0.15) is 0 Å². The zero-order chi connectivity index (χ0) is 12.3. The standard InChI is InChI=1S/C12H15BrFNO/c1-4-15(5-2)12(16)9-7-11(14)8(3)6-10(9)13/h6-7H,4-5H2,1-3H3. The highest BCUT2D eigenvalue weighted by molar-refractivity contribution is 9.10. The lowest BCUT2D eigenvalue weighted by Gasteiger charge is -2.19. The molecule has 0 unspecified atom stereocenters. The molecule has 0 fully saturated rings. The van der Waals surface area contributed by atoms with Gasteiger partial charge in [0.15, 0.2) is 0 Å². The Morgan fingerprint density at radius 1 is 1.38 bits per heavy atom. The van der Waals surface area contributed by atoms with E-state index in [-0.39, 0.29) is 11.7 Å². The number of halogens is 2. The van der Waals surface area contributed by atoms with E-state index in [1.165, 1.54) is 6.07 Å². The monoisotopic (exact) mass is 287 g/mol. The first kappa shape index (κ1) is 13.2. The fourth-order valence-electron chi connectivity index (χ4n) is 1.49. The molecule has 0 aromatic heterocycles. The molecule has 0 saturated heterocycles. The summed E-state index contributed by atoms with van der Waals surface area (Å²) in [6.45, 7) is 6.72. The van der Waals surface area contributed by atoms with Crippen molar-refractivity contribution in [2.75, 3.05) is 13.1 Å². The number of carbonyl (C=O) groups excluding carboxylic acids is 1. The van der Waals surface area contributed by atoms with Crippen LogP contribution < -0.4 is 0 Å². The number of aryl methyl sites for hydroxylation is 1. The van der Waals surface area contributed by atoms with Gasteiger partial charge in [0, 0.05) is 17.6 Å². The van der Waals surface area contributed by atoms with Crippen LogP contribution in [0.3, 0.4) is 0 Å². The number of amides is 1. The fraction of sp³-hybridized carbons (Fsp3) is 0.417. The molecule has 0 saturated carbocycles. The Kier molecular flexibility index (Phi) is 4.47. The number of hydrogen-bond donors (Lipinski definition) is 0. The fourth-order valence-corrected chi connectivity index (χ4v) is 2.12. The van der Waals surface area contributed by atoms with Crippen LogP contribution in [0.25, 0.3) is 0 Å². The summed E-state index contributed by atoms with van der Waals surface area (Å²) in [6, 6.07) is 2.92. The van der Waals surface area contributed by atoms with Gasteiger partial charge >= 0.3 is 0 Å². The van der Waals surface area contributed by atoms with Crippen LogP contribution in [-0.2, 0) is 0 Å². The van der Waals surface area contributed by atoms with Gasteiger partial charge in [0.25, 0.3) is 5.91 Å². The Morgan fingerprint density at radius 3 is 2.44 bits per heavy atom. The third kappa shape index (κ3) is 2.61. The van der Waals surface area contributed by atoms with E-state index in [9.17, 15) is 9.18 Å². The average Bonchev–Trinajstić information content (AvgIpc) is 2.25. The van der Waals surface area contributed by atoms with Crippen LogP contribution in [0.15, 0.2) is 16.6 Å². The molecule has 0 N–H and O–H groups in total. The van der Waals surface area contributed by atoms with Crippen LogP contribution >= 0.6 is 15.9 Å².